The molecule has 18 heavy (non-hydrogen) atoms. The van der Waals surface area contributed by atoms with Crippen LogP contribution >= 0.6 is 0 Å². The Labute approximate surface area is 110 Å². The van der Waals surface area contributed by atoms with Gasteiger partial charge in [-0.15, -0.1) is 0 Å². The molecule has 0 amide bonds. The van der Waals surface area contributed by atoms with Crippen LogP contribution in [0.5, 0.6) is 0 Å². The van der Waals surface area contributed by atoms with Crippen molar-refractivity contribution in [1.82, 2.24) is 0 Å². The van der Waals surface area contributed by atoms with Crippen LogP contribution in [-0.4, -0.2) is 12.6 Å². The minimum atomic E-state index is 0.176. The van der Waals surface area contributed by atoms with E-state index in [4.69, 9.17) is 4.74 Å². The molecular formula is C16H26O2. The van der Waals surface area contributed by atoms with Crippen molar-refractivity contribution in [2.24, 2.45) is 22.2 Å². The lowest BCUT2D eigenvalue weighted by Gasteiger charge is -2.55. The predicted molar refractivity (Wildman–Crippen MR) is 71.1 cm³/mol. The molecule has 0 unspecified atom stereocenters. The molecule has 2 nitrogen and oxygen atoms in total. The van der Waals surface area contributed by atoms with Crippen LogP contribution in [0.15, 0.2) is 0 Å². The molecule has 2 bridgehead atoms. The van der Waals surface area contributed by atoms with E-state index < -0.39 is 0 Å². The van der Waals surface area contributed by atoms with Gasteiger partial charge in [0.2, 0.25) is 0 Å². The summed E-state index contributed by atoms with van der Waals surface area (Å²) in [4.78, 5) is 10.9. The number of rotatable bonds is 2. The van der Waals surface area contributed by atoms with Crippen LogP contribution in [0.2, 0.25) is 0 Å². The zero-order chi connectivity index (χ0) is 13.0. The fourth-order valence-electron chi connectivity index (χ4n) is 5.85. The monoisotopic (exact) mass is 250 g/mol. The zero-order valence-corrected chi connectivity index (χ0v) is 12.0. The van der Waals surface area contributed by atoms with E-state index in [1.165, 1.54) is 38.5 Å². The van der Waals surface area contributed by atoms with Crippen LogP contribution < -0.4 is 0 Å². The highest BCUT2D eigenvalue weighted by Crippen LogP contribution is 2.69. The fourth-order valence-corrected chi connectivity index (χ4v) is 5.85. The Bertz CT molecular complexity index is 362. The first-order valence-electron chi connectivity index (χ1n) is 7.51. The lowest BCUT2D eigenvalue weighted by molar-refractivity contribution is -0.149. The third kappa shape index (κ3) is 1.57. The summed E-state index contributed by atoms with van der Waals surface area (Å²) in [5.74, 6) is 0.753. The van der Waals surface area contributed by atoms with Gasteiger partial charge in [-0.1, -0.05) is 27.2 Å². The quantitative estimate of drug-likeness (QED) is 0.694. The summed E-state index contributed by atoms with van der Waals surface area (Å²) >= 11 is 0. The summed E-state index contributed by atoms with van der Waals surface area (Å²) in [6.07, 6.45) is 9.19. The van der Waals surface area contributed by atoms with Crippen molar-refractivity contribution in [2.45, 2.75) is 71.8 Å². The number of hydrogen-bond donors (Lipinski definition) is 0. The molecular weight excluding hydrogens is 224 g/mol. The molecule has 3 fully saturated rings. The zero-order valence-electron chi connectivity index (χ0n) is 12.0. The lowest BCUT2D eigenvalue weighted by Crippen LogP contribution is -2.49. The molecule has 0 aromatic heterocycles. The van der Waals surface area contributed by atoms with Gasteiger partial charge in [0.1, 0.15) is 6.10 Å². The van der Waals surface area contributed by atoms with Gasteiger partial charge in [0.15, 0.2) is 0 Å². The van der Waals surface area contributed by atoms with Gasteiger partial charge in [-0.2, -0.15) is 0 Å². The fraction of sp³-hybridized carbons (Fsp3) is 0.938. The van der Waals surface area contributed by atoms with Gasteiger partial charge < -0.3 is 4.74 Å². The first kappa shape index (κ1) is 12.5. The van der Waals surface area contributed by atoms with Crippen LogP contribution in [0.3, 0.4) is 0 Å². The molecule has 0 N–H and O–H groups in total. The van der Waals surface area contributed by atoms with Crippen molar-refractivity contribution in [2.75, 3.05) is 0 Å². The smallest absolute Gasteiger partial charge is 0.293 e. The van der Waals surface area contributed by atoms with Gasteiger partial charge in [-0.05, 0) is 55.3 Å². The third-order valence-corrected chi connectivity index (χ3v) is 6.42. The van der Waals surface area contributed by atoms with Gasteiger partial charge in [-0.3, -0.25) is 4.79 Å². The molecule has 3 aliphatic rings. The minimum absolute atomic E-state index is 0.176. The van der Waals surface area contributed by atoms with E-state index in [-0.39, 0.29) is 6.10 Å². The van der Waals surface area contributed by atoms with E-state index in [0.717, 1.165) is 12.3 Å². The Kier molecular flexibility index (Phi) is 2.60. The summed E-state index contributed by atoms with van der Waals surface area (Å²) in [7, 11) is 0. The van der Waals surface area contributed by atoms with Crippen molar-refractivity contribution in [3.8, 4) is 0 Å². The first-order valence-corrected chi connectivity index (χ1v) is 7.51. The minimum Gasteiger partial charge on any atom is -0.464 e. The molecule has 0 aliphatic heterocycles. The predicted octanol–water partition coefficient (Wildman–Crippen LogP) is 3.93. The number of carbonyl (C=O) groups excluding carboxylic acids is 1. The van der Waals surface area contributed by atoms with Gasteiger partial charge >= 0.3 is 0 Å². The molecule has 2 heteroatoms. The van der Waals surface area contributed by atoms with Crippen LogP contribution in [0.25, 0.3) is 0 Å². The summed E-state index contributed by atoms with van der Waals surface area (Å²) in [6, 6.07) is 0. The number of carbonyl (C=O) groups is 1. The molecule has 0 heterocycles. The van der Waals surface area contributed by atoms with Crippen molar-refractivity contribution in [3.05, 3.63) is 0 Å². The SMILES string of the molecule is CC1(C)C[C@@H](OC=O)[C@@]23CCC[C@@](C)(CC[C@H]12)C3. The second-order valence-electron chi connectivity index (χ2n) is 8.08. The molecule has 3 rings (SSSR count). The summed E-state index contributed by atoms with van der Waals surface area (Å²) in [6.45, 7) is 7.90. The maximum atomic E-state index is 10.9. The molecule has 3 saturated carbocycles. The van der Waals surface area contributed by atoms with Gasteiger partial charge in [-0.25, -0.2) is 0 Å². The Hall–Kier alpha value is -0.530. The van der Waals surface area contributed by atoms with Gasteiger partial charge in [0.25, 0.3) is 6.47 Å². The standard InChI is InChI=1S/C16H26O2/c1-14(2)9-13(18-11-17)16-7-4-6-15(3,10-16)8-5-12(14)16/h11-13H,4-10H2,1-3H3/t12-,13-,15+,16-/m1/s1. The van der Waals surface area contributed by atoms with Gasteiger partial charge in [0.05, 0.1) is 0 Å². The average Bonchev–Trinajstić information content (AvgIpc) is 2.45. The van der Waals surface area contributed by atoms with Crippen LogP contribution in [0.4, 0.5) is 0 Å². The number of hydrogen-bond acceptors (Lipinski definition) is 2. The van der Waals surface area contributed by atoms with Crippen LogP contribution in [-0.2, 0) is 9.53 Å². The van der Waals surface area contributed by atoms with E-state index in [1.807, 2.05) is 0 Å². The molecule has 3 aliphatic carbocycles. The highest BCUT2D eigenvalue weighted by Gasteiger charge is 2.64. The highest BCUT2D eigenvalue weighted by molar-refractivity contribution is 5.38. The van der Waals surface area contributed by atoms with Crippen molar-refractivity contribution in [1.29, 1.82) is 0 Å². The Balaban J connectivity index is 1.99. The van der Waals surface area contributed by atoms with Gasteiger partial charge in [0, 0.05) is 5.41 Å². The largest absolute Gasteiger partial charge is 0.464 e. The van der Waals surface area contributed by atoms with E-state index in [1.54, 1.807) is 0 Å². The third-order valence-electron chi connectivity index (χ3n) is 6.42. The second kappa shape index (κ2) is 3.74. The maximum Gasteiger partial charge on any atom is 0.293 e. The van der Waals surface area contributed by atoms with E-state index in [2.05, 4.69) is 20.8 Å². The highest BCUT2D eigenvalue weighted by atomic mass is 16.5. The normalized spacial score (nSPS) is 49.5. The average molecular weight is 250 g/mol. The van der Waals surface area contributed by atoms with E-state index in [0.29, 0.717) is 22.7 Å². The van der Waals surface area contributed by atoms with E-state index >= 15 is 0 Å². The second-order valence-corrected chi connectivity index (χ2v) is 8.08. The van der Waals surface area contributed by atoms with Crippen molar-refractivity contribution < 1.29 is 9.53 Å². The Morgan fingerprint density at radius 3 is 2.67 bits per heavy atom. The van der Waals surface area contributed by atoms with Crippen LogP contribution in [0.1, 0.15) is 65.7 Å². The molecule has 0 radical (unpaired) electrons. The lowest BCUT2D eigenvalue weighted by atomic mass is 9.50. The van der Waals surface area contributed by atoms with Crippen LogP contribution in [0, 0.1) is 22.2 Å². The van der Waals surface area contributed by atoms with Crippen molar-refractivity contribution in [3.63, 3.8) is 0 Å². The summed E-state index contributed by atoms with van der Waals surface area (Å²) in [5, 5.41) is 0. The molecule has 0 saturated heterocycles. The molecule has 102 valence electrons. The molecule has 0 aromatic rings. The van der Waals surface area contributed by atoms with E-state index in [9.17, 15) is 4.79 Å². The first-order chi connectivity index (χ1) is 8.42. The maximum absolute atomic E-state index is 10.9. The van der Waals surface area contributed by atoms with Crippen molar-refractivity contribution >= 4 is 6.47 Å². The summed E-state index contributed by atoms with van der Waals surface area (Å²) in [5.41, 5.74) is 1.15. The summed E-state index contributed by atoms with van der Waals surface area (Å²) < 4.78 is 5.55. The Morgan fingerprint density at radius 2 is 1.94 bits per heavy atom. The Morgan fingerprint density at radius 1 is 1.17 bits per heavy atom. The number of ether oxygens (including phenoxy) is 1. The molecule has 4 atom stereocenters. The molecule has 1 spiro atoms. The molecule has 0 aromatic carbocycles. The number of fused-ring (bicyclic) bond motifs is 1. The topological polar surface area (TPSA) is 26.3 Å².